The highest BCUT2D eigenvalue weighted by Gasteiger charge is 2.40. The Bertz CT molecular complexity index is 865. The summed E-state index contributed by atoms with van der Waals surface area (Å²) in [5.74, 6) is 0.937. The van der Waals surface area contributed by atoms with E-state index in [2.05, 4.69) is 38.1 Å². The molecule has 3 rings (SSSR count). The van der Waals surface area contributed by atoms with Crippen molar-refractivity contribution in [2.75, 3.05) is 13.7 Å². The lowest BCUT2D eigenvalue weighted by molar-refractivity contribution is -0.135. The number of methoxy groups -OCH3 is 1. The van der Waals surface area contributed by atoms with Crippen molar-refractivity contribution < 1.29 is 14.3 Å². The molecule has 1 aromatic carbocycles. The lowest BCUT2D eigenvalue weighted by Gasteiger charge is -2.30. The molecular weight excluding hydrogens is 436 g/mol. The minimum Gasteiger partial charge on any atom is -0.453 e. The second-order valence-corrected chi connectivity index (χ2v) is 8.81. The molecule has 3 atom stereocenters. The molecule has 2 amide bonds. The highest BCUT2D eigenvalue weighted by Crippen LogP contribution is 2.35. The third-order valence-electron chi connectivity index (χ3n) is 5.25. The van der Waals surface area contributed by atoms with Gasteiger partial charge in [-0.2, -0.15) is 0 Å². The Morgan fingerprint density at radius 1 is 1.31 bits per heavy atom. The quantitative estimate of drug-likeness (QED) is 0.698. The van der Waals surface area contributed by atoms with Crippen molar-refractivity contribution in [3.8, 4) is 11.3 Å². The summed E-state index contributed by atoms with van der Waals surface area (Å²) in [4.78, 5) is 34.8. The number of rotatable bonds is 5. The van der Waals surface area contributed by atoms with Crippen LogP contribution in [0.4, 0.5) is 4.79 Å². The van der Waals surface area contributed by atoms with Crippen molar-refractivity contribution in [1.82, 2.24) is 20.2 Å². The second-order valence-electron chi connectivity index (χ2n) is 7.89. The highest BCUT2D eigenvalue weighted by molar-refractivity contribution is 9.10. The lowest BCUT2D eigenvalue weighted by Crippen LogP contribution is -2.51. The molecule has 0 bridgehead atoms. The maximum absolute atomic E-state index is 13.3. The second kappa shape index (κ2) is 8.98. The summed E-state index contributed by atoms with van der Waals surface area (Å²) in [7, 11) is 1.30. The molecular formula is C21H27BrN4O3. The molecule has 0 radical (unpaired) electrons. The van der Waals surface area contributed by atoms with Gasteiger partial charge in [0.2, 0.25) is 5.91 Å². The standard InChI is InChI=1S/C21H27BrN4O3/c1-12(2)18(25-21(28)29-4)20(27)26-11-13(3)9-17(26)19-23-10-16(24-19)14-5-7-15(22)8-6-14/h5-8,10,12-13,17-18H,9,11H2,1-4H3,(H,23,24)(H,25,28)/t13-,17-,18?/m0/s1. The molecule has 1 aliphatic rings. The fraction of sp³-hybridized carbons (Fsp3) is 0.476. The average Bonchev–Trinajstić information content (AvgIpc) is 3.32. The van der Waals surface area contributed by atoms with Crippen molar-refractivity contribution in [2.45, 2.75) is 39.3 Å². The first-order valence-corrected chi connectivity index (χ1v) is 10.5. The van der Waals surface area contributed by atoms with Crippen molar-refractivity contribution in [1.29, 1.82) is 0 Å². The topological polar surface area (TPSA) is 87.3 Å². The summed E-state index contributed by atoms with van der Waals surface area (Å²) in [5.41, 5.74) is 1.94. The third kappa shape index (κ3) is 4.80. The van der Waals surface area contributed by atoms with E-state index in [4.69, 9.17) is 4.74 Å². The number of hydrogen-bond donors (Lipinski definition) is 2. The fourth-order valence-corrected chi connectivity index (χ4v) is 3.97. The minimum atomic E-state index is -0.642. The molecule has 1 aliphatic heterocycles. The van der Waals surface area contributed by atoms with Crippen LogP contribution < -0.4 is 5.32 Å². The maximum atomic E-state index is 13.3. The van der Waals surface area contributed by atoms with Crippen LogP contribution in [0.3, 0.4) is 0 Å². The van der Waals surface area contributed by atoms with Crippen LogP contribution in [0.15, 0.2) is 34.9 Å². The Labute approximate surface area is 179 Å². The predicted molar refractivity (Wildman–Crippen MR) is 114 cm³/mol. The van der Waals surface area contributed by atoms with E-state index >= 15 is 0 Å². The van der Waals surface area contributed by atoms with E-state index in [1.54, 1.807) is 6.20 Å². The van der Waals surface area contributed by atoms with Crippen LogP contribution in [-0.4, -0.2) is 46.6 Å². The van der Waals surface area contributed by atoms with E-state index in [0.29, 0.717) is 12.5 Å². The van der Waals surface area contributed by atoms with E-state index in [9.17, 15) is 9.59 Å². The normalized spacial score (nSPS) is 20.0. The van der Waals surface area contributed by atoms with Gasteiger partial charge in [0.25, 0.3) is 0 Å². The molecule has 29 heavy (non-hydrogen) atoms. The van der Waals surface area contributed by atoms with Gasteiger partial charge in [0.05, 0.1) is 25.0 Å². The Hall–Kier alpha value is -2.35. The van der Waals surface area contributed by atoms with Gasteiger partial charge in [-0.3, -0.25) is 4.79 Å². The lowest BCUT2D eigenvalue weighted by atomic mass is 10.0. The zero-order valence-electron chi connectivity index (χ0n) is 17.1. The molecule has 0 aliphatic carbocycles. The first kappa shape index (κ1) is 21.4. The van der Waals surface area contributed by atoms with Gasteiger partial charge >= 0.3 is 6.09 Å². The molecule has 8 heteroatoms. The van der Waals surface area contributed by atoms with Crippen LogP contribution in [0, 0.1) is 11.8 Å². The number of imidazole rings is 1. The summed E-state index contributed by atoms with van der Waals surface area (Å²) < 4.78 is 5.71. The minimum absolute atomic E-state index is 0.0620. The van der Waals surface area contributed by atoms with Crippen LogP contribution in [0.25, 0.3) is 11.3 Å². The largest absolute Gasteiger partial charge is 0.453 e. The van der Waals surface area contributed by atoms with Crippen LogP contribution >= 0.6 is 15.9 Å². The van der Waals surface area contributed by atoms with Crippen molar-refractivity contribution in [3.05, 3.63) is 40.8 Å². The van der Waals surface area contributed by atoms with Crippen LogP contribution in [-0.2, 0) is 9.53 Å². The molecule has 0 spiro atoms. The van der Waals surface area contributed by atoms with E-state index in [0.717, 1.165) is 28.0 Å². The molecule has 1 unspecified atom stereocenters. The van der Waals surface area contributed by atoms with Gasteiger partial charge in [0, 0.05) is 11.0 Å². The summed E-state index contributed by atoms with van der Waals surface area (Å²) in [6.45, 7) is 6.57. The van der Waals surface area contributed by atoms with Crippen LogP contribution in [0.5, 0.6) is 0 Å². The fourth-order valence-electron chi connectivity index (χ4n) is 3.71. The maximum Gasteiger partial charge on any atom is 0.407 e. The number of hydrogen-bond acceptors (Lipinski definition) is 4. The number of benzene rings is 1. The molecule has 0 saturated carbocycles. The molecule has 1 fully saturated rings. The monoisotopic (exact) mass is 462 g/mol. The molecule has 1 saturated heterocycles. The average molecular weight is 463 g/mol. The number of H-pyrrole nitrogens is 1. The number of aromatic amines is 1. The van der Waals surface area contributed by atoms with Gasteiger partial charge in [-0.25, -0.2) is 9.78 Å². The predicted octanol–water partition coefficient (Wildman–Crippen LogP) is 4.13. The van der Waals surface area contributed by atoms with Crippen molar-refractivity contribution in [3.63, 3.8) is 0 Å². The highest BCUT2D eigenvalue weighted by atomic mass is 79.9. The summed E-state index contributed by atoms with van der Waals surface area (Å²) in [6, 6.07) is 7.19. The number of alkyl carbamates (subject to hydrolysis) is 1. The van der Waals surface area contributed by atoms with Gasteiger partial charge in [0.1, 0.15) is 11.9 Å². The van der Waals surface area contributed by atoms with Crippen LogP contribution in [0.2, 0.25) is 0 Å². The Morgan fingerprint density at radius 2 is 2.00 bits per heavy atom. The molecule has 7 nitrogen and oxygen atoms in total. The van der Waals surface area contributed by atoms with E-state index in [1.165, 1.54) is 7.11 Å². The number of amides is 2. The van der Waals surface area contributed by atoms with E-state index in [1.807, 2.05) is 43.0 Å². The van der Waals surface area contributed by atoms with Crippen molar-refractivity contribution in [2.24, 2.45) is 11.8 Å². The number of nitrogens with one attached hydrogen (secondary N) is 2. The SMILES string of the molecule is COC(=O)NC(C(=O)N1C[C@@H](C)C[C@H]1c1ncc(-c2ccc(Br)cc2)[nH]1)C(C)C. The van der Waals surface area contributed by atoms with E-state index in [-0.39, 0.29) is 17.9 Å². The zero-order valence-corrected chi connectivity index (χ0v) is 18.7. The number of ether oxygens (including phenoxy) is 1. The van der Waals surface area contributed by atoms with Crippen LogP contribution in [0.1, 0.15) is 39.1 Å². The van der Waals surface area contributed by atoms with Gasteiger partial charge in [-0.1, -0.05) is 48.8 Å². The molecule has 2 heterocycles. The molecule has 156 valence electrons. The van der Waals surface area contributed by atoms with Gasteiger partial charge in [-0.15, -0.1) is 0 Å². The Balaban J connectivity index is 1.84. The number of carbonyl (C=O) groups is 2. The number of aromatic nitrogens is 2. The zero-order chi connectivity index (χ0) is 21.1. The molecule has 1 aromatic heterocycles. The summed E-state index contributed by atoms with van der Waals surface area (Å²) in [5, 5.41) is 2.68. The Kier molecular flexibility index (Phi) is 6.62. The number of halogens is 1. The summed E-state index contributed by atoms with van der Waals surface area (Å²) >= 11 is 3.45. The smallest absolute Gasteiger partial charge is 0.407 e. The first-order valence-electron chi connectivity index (χ1n) is 9.76. The number of likely N-dealkylation sites (tertiary alicyclic amines) is 1. The summed E-state index contributed by atoms with van der Waals surface area (Å²) in [6.07, 6.45) is 2.02. The van der Waals surface area contributed by atoms with E-state index < -0.39 is 12.1 Å². The van der Waals surface area contributed by atoms with Gasteiger partial charge < -0.3 is 19.9 Å². The Morgan fingerprint density at radius 3 is 2.62 bits per heavy atom. The number of carbonyl (C=O) groups excluding carboxylic acids is 2. The van der Waals surface area contributed by atoms with Gasteiger partial charge in [-0.05, 0) is 36.0 Å². The third-order valence-corrected chi connectivity index (χ3v) is 5.78. The molecule has 2 aromatic rings. The first-order chi connectivity index (χ1) is 13.8. The van der Waals surface area contributed by atoms with Crippen molar-refractivity contribution >= 4 is 27.9 Å². The number of nitrogens with zero attached hydrogens (tertiary/aromatic N) is 2. The van der Waals surface area contributed by atoms with Gasteiger partial charge in [0.15, 0.2) is 0 Å². The molecule has 2 N–H and O–H groups in total.